The lowest BCUT2D eigenvalue weighted by molar-refractivity contribution is 0.731. The summed E-state index contributed by atoms with van der Waals surface area (Å²) in [5.74, 6) is 0.989. The van der Waals surface area contributed by atoms with Crippen molar-refractivity contribution in [3.8, 4) is 0 Å². The molecule has 3 nitrogen and oxygen atoms in total. The first-order chi connectivity index (χ1) is 9.27. The Morgan fingerprint density at radius 3 is 2.68 bits per heavy atom. The maximum Gasteiger partial charge on any atom is 0.141 e. The van der Waals surface area contributed by atoms with Crippen LogP contribution in [0.4, 0.5) is 5.82 Å². The van der Waals surface area contributed by atoms with Gasteiger partial charge >= 0.3 is 0 Å². The number of hydrogen-bond donors (Lipinski definition) is 0. The van der Waals surface area contributed by atoms with Crippen LogP contribution >= 0.6 is 11.3 Å². The summed E-state index contributed by atoms with van der Waals surface area (Å²) in [6.45, 7) is 2.19. The molecule has 3 rings (SSSR count). The van der Waals surface area contributed by atoms with Gasteiger partial charge in [-0.25, -0.2) is 9.97 Å². The molecule has 3 aromatic rings. The van der Waals surface area contributed by atoms with Gasteiger partial charge in [0.15, 0.2) is 0 Å². The fourth-order valence-corrected chi connectivity index (χ4v) is 2.92. The van der Waals surface area contributed by atoms with Crippen molar-refractivity contribution in [3.05, 3.63) is 53.7 Å². The summed E-state index contributed by atoms with van der Waals surface area (Å²) in [5.41, 5.74) is 1.28. The molecular weight excluding hydrogens is 254 g/mol. The molecule has 0 bridgehead atoms. The first kappa shape index (κ1) is 12.1. The van der Waals surface area contributed by atoms with Gasteiger partial charge in [-0.3, -0.25) is 0 Å². The van der Waals surface area contributed by atoms with Gasteiger partial charge in [-0.2, -0.15) is 0 Å². The van der Waals surface area contributed by atoms with Crippen molar-refractivity contribution in [1.29, 1.82) is 0 Å². The average Bonchev–Trinajstić information content (AvgIpc) is 2.95. The van der Waals surface area contributed by atoms with E-state index in [0.29, 0.717) is 0 Å². The van der Waals surface area contributed by atoms with Gasteiger partial charge in [0.1, 0.15) is 17.0 Å². The van der Waals surface area contributed by atoms with Gasteiger partial charge in [-0.05, 0) is 23.9 Å². The molecule has 19 heavy (non-hydrogen) atoms. The molecule has 96 valence electrons. The molecule has 0 saturated heterocycles. The van der Waals surface area contributed by atoms with E-state index in [-0.39, 0.29) is 6.04 Å². The van der Waals surface area contributed by atoms with Crippen molar-refractivity contribution in [2.24, 2.45) is 0 Å². The van der Waals surface area contributed by atoms with Crippen LogP contribution in [-0.4, -0.2) is 17.0 Å². The van der Waals surface area contributed by atoms with Gasteiger partial charge in [-0.1, -0.05) is 30.3 Å². The average molecular weight is 269 g/mol. The molecule has 0 amide bonds. The molecule has 2 heterocycles. The van der Waals surface area contributed by atoms with Gasteiger partial charge in [0.2, 0.25) is 0 Å². The van der Waals surface area contributed by atoms with Gasteiger partial charge in [0, 0.05) is 7.05 Å². The molecule has 1 atom stereocenters. The number of fused-ring (bicyclic) bond motifs is 1. The summed E-state index contributed by atoms with van der Waals surface area (Å²) in [6, 6.07) is 12.8. The van der Waals surface area contributed by atoms with Crippen LogP contribution in [0.2, 0.25) is 0 Å². The Kier molecular flexibility index (Phi) is 3.17. The van der Waals surface area contributed by atoms with E-state index in [2.05, 4.69) is 64.6 Å². The summed E-state index contributed by atoms with van der Waals surface area (Å²) < 4.78 is 0. The molecule has 0 fully saturated rings. The van der Waals surface area contributed by atoms with E-state index in [1.807, 2.05) is 6.07 Å². The Morgan fingerprint density at radius 1 is 1.11 bits per heavy atom. The van der Waals surface area contributed by atoms with Crippen LogP contribution in [-0.2, 0) is 0 Å². The Morgan fingerprint density at radius 2 is 1.89 bits per heavy atom. The van der Waals surface area contributed by atoms with Gasteiger partial charge in [0.05, 0.1) is 11.4 Å². The highest BCUT2D eigenvalue weighted by atomic mass is 32.1. The molecule has 0 N–H and O–H groups in total. The molecule has 0 aliphatic carbocycles. The quantitative estimate of drug-likeness (QED) is 0.722. The summed E-state index contributed by atoms with van der Waals surface area (Å²) in [4.78, 5) is 12.0. The van der Waals surface area contributed by atoms with E-state index in [1.54, 1.807) is 17.7 Å². The van der Waals surface area contributed by atoms with Crippen molar-refractivity contribution < 1.29 is 0 Å². The van der Waals surface area contributed by atoms with Crippen LogP contribution in [0.1, 0.15) is 18.5 Å². The van der Waals surface area contributed by atoms with Gasteiger partial charge in [0.25, 0.3) is 0 Å². The predicted molar refractivity (Wildman–Crippen MR) is 80.7 cm³/mol. The van der Waals surface area contributed by atoms with E-state index in [9.17, 15) is 0 Å². The van der Waals surface area contributed by atoms with Crippen molar-refractivity contribution in [3.63, 3.8) is 0 Å². The molecular formula is C15H15N3S. The molecule has 2 aromatic heterocycles. The van der Waals surface area contributed by atoms with E-state index in [1.165, 1.54) is 5.56 Å². The number of nitrogens with zero attached hydrogens (tertiary/aromatic N) is 3. The molecule has 0 radical (unpaired) electrons. The van der Waals surface area contributed by atoms with Gasteiger partial charge < -0.3 is 4.90 Å². The standard InChI is InChI=1S/C15H15N3S/c1-11(12-6-4-3-5-7-12)18(2)14-13-8-9-19-15(13)17-10-16-14/h3-11H,1-2H3/t11-/m1/s1. The number of aromatic nitrogens is 2. The topological polar surface area (TPSA) is 29.0 Å². The minimum atomic E-state index is 0.277. The third kappa shape index (κ3) is 2.19. The zero-order valence-electron chi connectivity index (χ0n) is 10.9. The van der Waals surface area contributed by atoms with E-state index >= 15 is 0 Å². The summed E-state index contributed by atoms with van der Waals surface area (Å²) in [5, 5.41) is 3.18. The zero-order valence-corrected chi connectivity index (χ0v) is 11.8. The second-order valence-corrected chi connectivity index (χ2v) is 5.43. The van der Waals surface area contributed by atoms with Crippen LogP contribution in [0.3, 0.4) is 0 Å². The third-order valence-corrected chi connectivity index (χ3v) is 4.26. The summed E-state index contributed by atoms with van der Waals surface area (Å²) >= 11 is 1.65. The number of anilines is 1. The van der Waals surface area contributed by atoms with Crippen molar-refractivity contribution in [2.45, 2.75) is 13.0 Å². The number of thiophene rings is 1. The monoisotopic (exact) mass is 269 g/mol. The fraction of sp³-hybridized carbons (Fsp3) is 0.200. The first-order valence-electron chi connectivity index (χ1n) is 6.23. The smallest absolute Gasteiger partial charge is 0.141 e. The highest BCUT2D eigenvalue weighted by molar-refractivity contribution is 7.16. The maximum absolute atomic E-state index is 4.45. The first-order valence-corrected chi connectivity index (χ1v) is 7.11. The zero-order chi connectivity index (χ0) is 13.2. The number of hydrogen-bond acceptors (Lipinski definition) is 4. The maximum atomic E-state index is 4.45. The Hall–Kier alpha value is -1.94. The minimum Gasteiger partial charge on any atom is -0.352 e. The minimum absolute atomic E-state index is 0.277. The summed E-state index contributed by atoms with van der Waals surface area (Å²) in [7, 11) is 2.08. The van der Waals surface area contributed by atoms with Gasteiger partial charge in [-0.15, -0.1) is 11.3 Å². The highest BCUT2D eigenvalue weighted by Gasteiger charge is 2.16. The van der Waals surface area contributed by atoms with Crippen molar-refractivity contribution >= 4 is 27.4 Å². The predicted octanol–water partition coefficient (Wildman–Crippen LogP) is 3.89. The highest BCUT2D eigenvalue weighted by Crippen LogP contribution is 2.30. The van der Waals surface area contributed by atoms with Crippen molar-refractivity contribution in [2.75, 3.05) is 11.9 Å². The third-order valence-electron chi connectivity index (χ3n) is 3.44. The SMILES string of the molecule is C[C@H](c1ccccc1)N(C)c1ncnc2sccc12. The Balaban J connectivity index is 2.00. The van der Waals surface area contributed by atoms with Crippen molar-refractivity contribution in [1.82, 2.24) is 9.97 Å². The van der Waals surface area contributed by atoms with Crippen LogP contribution in [0.5, 0.6) is 0 Å². The van der Waals surface area contributed by atoms with Crippen LogP contribution in [0.15, 0.2) is 48.1 Å². The molecule has 4 heteroatoms. The van der Waals surface area contributed by atoms with Crippen LogP contribution in [0, 0.1) is 0 Å². The molecule has 0 aliphatic rings. The molecule has 0 aliphatic heterocycles. The van der Waals surface area contributed by atoms with E-state index in [0.717, 1.165) is 16.0 Å². The summed E-state index contributed by atoms with van der Waals surface area (Å²) in [6.07, 6.45) is 1.64. The normalized spacial score (nSPS) is 12.5. The van der Waals surface area contributed by atoms with Crippen LogP contribution in [0.25, 0.3) is 10.2 Å². The number of benzene rings is 1. The molecule has 0 saturated carbocycles. The Bertz CT molecular complexity index is 678. The molecule has 1 aromatic carbocycles. The molecule has 0 unspecified atom stereocenters. The largest absolute Gasteiger partial charge is 0.352 e. The lowest BCUT2D eigenvalue weighted by Gasteiger charge is -2.26. The molecule has 0 spiro atoms. The van der Waals surface area contributed by atoms with E-state index in [4.69, 9.17) is 0 Å². The second-order valence-electron chi connectivity index (χ2n) is 4.53. The lowest BCUT2D eigenvalue weighted by Crippen LogP contribution is -2.22. The number of rotatable bonds is 3. The van der Waals surface area contributed by atoms with Crippen LogP contribution < -0.4 is 4.90 Å². The van der Waals surface area contributed by atoms with E-state index < -0.39 is 0 Å². The Labute approximate surface area is 116 Å². The fourth-order valence-electron chi connectivity index (χ4n) is 2.20. The second kappa shape index (κ2) is 4.97. The lowest BCUT2D eigenvalue weighted by atomic mass is 10.1.